The standard InChI is InChI=1S/C10H6IN3OS/c11-6-4-14-9(15)7-1-2-12-3-8(7)13-10(14)16-5-6/h1-4H,5H2. The molecule has 0 spiro atoms. The molecule has 2 aromatic rings. The fourth-order valence-electron chi connectivity index (χ4n) is 1.56. The number of nitrogens with zero attached hydrogens (tertiary/aromatic N) is 3. The summed E-state index contributed by atoms with van der Waals surface area (Å²) in [5, 5.41) is 1.35. The Bertz CT molecular complexity index is 665. The van der Waals surface area contributed by atoms with Crippen LogP contribution in [0.1, 0.15) is 0 Å². The summed E-state index contributed by atoms with van der Waals surface area (Å²) < 4.78 is 2.76. The summed E-state index contributed by atoms with van der Waals surface area (Å²) >= 11 is 3.81. The van der Waals surface area contributed by atoms with Gasteiger partial charge in [-0.2, -0.15) is 0 Å². The third kappa shape index (κ3) is 1.56. The first-order valence-corrected chi connectivity index (χ1v) is 6.67. The molecule has 0 fully saturated rings. The smallest absolute Gasteiger partial charge is 0.266 e. The average molecular weight is 343 g/mol. The molecule has 4 nitrogen and oxygen atoms in total. The fraction of sp³-hybridized carbons (Fsp3) is 0.100. The van der Waals surface area contributed by atoms with Gasteiger partial charge in [0.25, 0.3) is 5.56 Å². The predicted molar refractivity (Wildman–Crippen MR) is 72.8 cm³/mol. The zero-order chi connectivity index (χ0) is 11.1. The molecule has 6 heteroatoms. The van der Waals surface area contributed by atoms with Crippen molar-refractivity contribution in [3.05, 3.63) is 32.4 Å². The molecule has 3 rings (SSSR count). The number of fused-ring (bicyclic) bond motifs is 2. The van der Waals surface area contributed by atoms with E-state index >= 15 is 0 Å². The quantitative estimate of drug-likeness (QED) is 0.543. The lowest BCUT2D eigenvalue weighted by atomic mass is 10.3. The van der Waals surface area contributed by atoms with Crippen molar-refractivity contribution in [1.82, 2.24) is 14.5 Å². The zero-order valence-electron chi connectivity index (χ0n) is 8.05. The number of hydrogen-bond donors (Lipinski definition) is 0. The molecule has 0 aliphatic carbocycles. The minimum atomic E-state index is -0.0243. The first kappa shape index (κ1) is 10.3. The summed E-state index contributed by atoms with van der Waals surface area (Å²) in [4.78, 5) is 20.6. The lowest BCUT2D eigenvalue weighted by Gasteiger charge is -2.13. The Hall–Kier alpha value is -0.890. The Balaban J connectivity index is 2.44. The van der Waals surface area contributed by atoms with E-state index in [9.17, 15) is 4.79 Å². The molecule has 16 heavy (non-hydrogen) atoms. The SMILES string of the molecule is O=c1c2ccncc2nc2n1C=C(I)CS2. The normalized spacial score (nSPS) is 14.7. The molecule has 1 aliphatic rings. The van der Waals surface area contributed by atoms with Crippen LogP contribution in [0, 0.1) is 0 Å². The van der Waals surface area contributed by atoms with Gasteiger partial charge in [0.15, 0.2) is 5.16 Å². The lowest BCUT2D eigenvalue weighted by molar-refractivity contribution is 0.853. The Morgan fingerprint density at radius 1 is 1.50 bits per heavy atom. The summed E-state index contributed by atoms with van der Waals surface area (Å²) in [5.41, 5.74) is 0.639. The van der Waals surface area contributed by atoms with Gasteiger partial charge < -0.3 is 0 Å². The predicted octanol–water partition coefficient (Wildman–Crippen LogP) is 2.13. The molecule has 0 radical (unpaired) electrons. The maximum Gasteiger partial charge on any atom is 0.266 e. The highest BCUT2D eigenvalue weighted by molar-refractivity contribution is 14.1. The van der Waals surface area contributed by atoms with Gasteiger partial charge in [-0.25, -0.2) is 4.98 Å². The van der Waals surface area contributed by atoms with Crippen molar-refractivity contribution in [2.24, 2.45) is 0 Å². The third-order valence-corrected chi connectivity index (χ3v) is 4.46. The molecule has 0 unspecified atom stereocenters. The largest absolute Gasteiger partial charge is 0.268 e. The van der Waals surface area contributed by atoms with Gasteiger partial charge in [-0.15, -0.1) is 0 Å². The van der Waals surface area contributed by atoms with E-state index in [1.165, 1.54) is 0 Å². The van der Waals surface area contributed by atoms with Gasteiger partial charge >= 0.3 is 0 Å². The molecule has 3 heterocycles. The zero-order valence-corrected chi connectivity index (χ0v) is 11.0. The van der Waals surface area contributed by atoms with Gasteiger partial charge in [-0.1, -0.05) is 11.8 Å². The van der Waals surface area contributed by atoms with Crippen LogP contribution in [-0.4, -0.2) is 20.3 Å². The van der Waals surface area contributed by atoms with E-state index in [0.717, 1.165) is 14.5 Å². The molecule has 0 N–H and O–H groups in total. The number of rotatable bonds is 0. The van der Waals surface area contributed by atoms with Crippen molar-refractivity contribution < 1.29 is 0 Å². The van der Waals surface area contributed by atoms with Crippen LogP contribution in [0.4, 0.5) is 0 Å². The fourth-order valence-corrected chi connectivity index (χ4v) is 3.08. The van der Waals surface area contributed by atoms with Gasteiger partial charge in [0.1, 0.15) is 0 Å². The van der Waals surface area contributed by atoms with Gasteiger partial charge in [-0.05, 0) is 28.7 Å². The van der Waals surface area contributed by atoms with E-state index in [4.69, 9.17) is 0 Å². The Morgan fingerprint density at radius 3 is 3.25 bits per heavy atom. The van der Waals surface area contributed by atoms with Gasteiger partial charge in [0.05, 0.1) is 17.1 Å². The second-order valence-electron chi connectivity index (χ2n) is 3.33. The summed E-state index contributed by atoms with van der Waals surface area (Å²) in [6.07, 6.45) is 5.09. The molecule has 1 aliphatic heterocycles. The number of halogens is 1. The number of pyridine rings is 1. The molecular formula is C10H6IN3OS. The van der Waals surface area contributed by atoms with E-state index < -0.39 is 0 Å². The first-order valence-electron chi connectivity index (χ1n) is 4.61. The van der Waals surface area contributed by atoms with Crippen molar-refractivity contribution >= 4 is 51.5 Å². The van der Waals surface area contributed by atoms with Crippen molar-refractivity contribution in [2.45, 2.75) is 5.16 Å². The van der Waals surface area contributed by atoms with E-state index in [-0.39, 0.29) is 5.56 Å². The van der Waals surface area contributed by atoms with Crippen LogP contribution < -0.4 is 5.56 Å². The molecule has 80 valence electrons. The van der Waals surface area contributed by atoms with Gasteiger partial charge in [-0.3, -0.25) is 14.3 Å². The van der Waals surface area contributed by atoms with Crippen molar-refractivity contribution in [3.63, 3.8) is 0 Å². The summed E-state index contributed by atoms with van der Waals surface area (Å²) in [7, 11) is 0. The highest BCUT2D eigenvalue weighted by Crippen LogP contribution is 2.27. The first-order chi connectivity index (χ1) is 7.75. The highest BCUT2D eigenvalue weighted by Gasteiger charge is 2.14. The molecule has 0 saturated heterocycles. The summed E-state index contributed by atoms with van der Waals surface area (Å²) in [5.74, 6) is 0.874. The van der Waals surface area contributed by atoms with Crippen LogP contribution in [0.2, 0.25) is 0 Å². The van der Waals surface area contributed by atoms with Crippen LogP contribution in [0.15, 0.2) is 32.0 Å². The second kappa shape index (κ2) is 3.85. The van der Waals surface area contributed by atoms with Crippen LogP contribution in [0.3, 0.4) is 0 Å². The van der Waals surface area contributed by atoms with Crippen molar-refractivity contribution in [2.75, 3.05) is 5.75 Å². The highest BCUT2D eigenvalue weighted by atomic mass is 127. The molecule has 0 amide bonds. The molecular weight excluding hydrogens is 337 g/mol. The third-order valence-electron chi connectivity index (χ3n) is 2.28. The van der Waals surface area contributed by atoms with Crippen LogP contribution in [0.25, 0.3) is 17.1 Å². The number of thioether (sulfide) groups is 1. The van der Waals surface area contributed by atoms with E-state index in [2.05, 4.69) is 32.6 Å². The van der Waals surface area contributed by atoms with E-state index in [1.807, 2.05) is 6.20 Å². The summed E-state index contributed by atoms with van der Waals surface area (Å²) in [6.45, 7) is 0. The second-order valence-corrected chi connectivity index (χ2v) is 5.66. The average Bonchev–Trinajstić information content (AvgIpc) is 2.31. The Morgan fingerprint density at radius 2 is 2.38 bits per heavy atom. The van der Waals surface area contributed by atoms with Crippen LogP contribution in [-0.2, 0) is 0 Å². The summed E-state index contributed by atoms with van der Waals surface area (Å²) in [6, 6.07) is 1.71. The van der Waals surface area contributed by atoms with E-state index in [0.29, 0.717) is 10.9 Å². The maximum absolute atomic E-state index is 12.2. The van der Waals surface area contributed by atoms with Crippen molar-refractivity contribution in [1.29, 1.82) is 0 Å². The van der Waals surface area contributed by atoms with E-state index in [1.54, 1.807) is 34.8 Å². The van der Waals surface area contributed by atoms with Crippen LogP contribution in [0.5, 0.6) is 0 Å². The Kier molecular flexibility index (Phi) is 2.47. The van der Waals surface area contributed by atoms with Gasteiger partial charge in [0, 0.05) is 21.7 Å². The van der Waals surface area contributed by atoms with Crippen LogP contribution >= 0.6 is 34.4 Å². The molecule has 0 aromatic carbocycles. The van der Waals surface area contributed by atoms with Gasteiger partial charge in [0.2, 0.25) is 0 Å². The molecule has 0 bridgehead atoms. The topological polar surface area (TPSA) is 47.8 Å². The minimum Gasteiger partial charge on any atom is -0.268 e. The van der Waals surface area contributed by atoms with Crippen molar-refractivity contribution in [3.8, 4) is 0 Å². The number of hydrogen-bond acceptors (Lipinski definition) is 4. The molecule has 2 aromatic heterocycles. The number of aromatic nitrogens is 3. The monoisotopic (exact) mass is 343 g/mol. The lowest BCUT2D eigenvalue weighted by Crippen LogP contribution is -2.21. The minimum absolute atomic E-state index is 0.0243. The molecule has 0 atom stereocenters. The molecule has 0 saturated carbocycles. The Labute approximate surface area is 109 Å². The maximum atomic E-state index is 12.2.